The van der Waals surface area contributed by atoms with E-state index >= 15 is 0 Å². The summed E-state index contributed by atoms with van der Waals surface area (Å²) in [5.74, 6) is -6.16. The first-order valence-electron chi connectivity index (χ1n) is 28.4. The molecule has 0 spiro atoms. The number of aromatic carboxylic acids is 4. The number of alkyl halides is 4. The number of nitrogens with zero attached hydrogens (tertiary/aromatic N) is 4. The SMILES string of the molecule is CC(C)c1ccccc1-n1ccc(-c2cccc(C(=O)O)c2)c1.CC(F)(F)c1cccc(-n2ccc(-c3cccc(C(=O)O)c3)c2)c1.O=C(O)c1cccc(-c2ccn(-c3ccc(OC(F)F)cc3)c2)c1.O=C(O)c1cccc(-c2ccn(-c3ccccc3)c2)c1. The van der Waals surface area contributed by atoms with E-state index in [0.717, 1.165) is 68.5 Å². The smallest absolute Gasteiger partial charge is 0.387 e. The molecule has 0 unspecified atom stereocenters. The molecule has 0 aliphatic heterocycles. The van der Waals surface area contributed by atoms with Gasteiger partial charge in [0.15, 0.2) is 0 Å². The van der Waals surface area contributed by atoms with Gasteiger partial charge < -0.3 is 43.4 Å². The molecule has 0 saturated heterocycles. The molecule has 13 nitrogen and oxygen atoms in total. The van der Waals surface area contributed by atoms with Gasteiger partial charge in [0.25, 0.3) is 5.92 Å². The number of rotatable bonds is 16. The molecule has 0 saturated carbocycles. The molecule has 0 bridgehead atoms. The Bertz CT molecular complexity index is 4480. The second-order valence-corrected chi connectivity index (χ2v) is 21.1. The van der Waals surface area contributed by atoms with E-state index < -0.39 is 36.4 Å². The van der Waals surface area contributed by atoms with Crippen molar-refractivity contribution in [3.05, 3.63) is 307 Å². The molecule has 4 heterocycles. The molecule has 0 amide bonds. The van der Waals surface area contributed by atoms with Crippen LogP contribution in [0.5, 0.6) is 5.75 Å². The molecule has 8 aromatic carbocycles. The molecule has 4 aromatic heterocycles. The fourth-order valence-electron chi connectivity index (χ4n) is 9.78. The van der Waals surface area contributed by atoms with Crippen LogP contribution in [0.15, 0.2) is 274 Å². The van der Waals surface area contributed by atoms with Crippen molar-refractivity contribution in [2.75, 3.05) is 0 Å². The van der Waals surface area contributed by atoms with Crippen molar-refractivity contribution in [1.82, 2.24) is 18.3 Å². The summed E-state index contributed by atoms with van der Waals surface area (Å²) in [5, 5.41) is 36.3. The monoisotopic (exact) mass is 1220 g/mol. The van der Waals surface area contributed by atoms with Crippen LogP contribution >= 0.6 is 0 Å². The summed E-state index contributed by atoms with van der Waals surface area (Å²) < 4.78 is 63.2. The van der Waals surface area contributed by atoms with Gasteiger partial charge in [-0.05, 0) is 183 Å². The lowest BCUT2D eigenvalue weighted by Gasteiger charge is -2.13. The third-order valence-corrected chi connectivity index (χ3v) is 14.4. The number of carboxylic acid groups (broad SMARTS) is 4. The molecule has 12 aromatic rings. The summed E-state index contributed by atoms with van der Waals surface area (Å²) in [4.78, 5) is 44.2. The van der Waals surface area contributed by atoms with Gasteiger partial charge in [-0.3, -0.25) is 0 Å². The zero-order valence-corrected chi connectivity index (χ0v) is 49.3. The molecule has 4 N–H and O–H groups in total. The summed E-state index contributed by atoms with van der Waals surface area (Å²) in [5.41, 5.74) is 12.9. The number of hydrogen-bond acceptors (Lipinski definition) is 5. The molecule has 0 atom stereocenters. The van der Waals surface area contributed by atoms with E-state index in [2.05, 4.69) is 41.4 Å². The predicted octanol–water partition coefficient (Wildman–Crippen LogP) is 18.2. The highest BCUT2D eigenvalue weighted by Crippen LogP contribution is 2.32. The summed E-state index contributed by atoms with van der Waals surface area (Å²) in [6.45, 7) is 2.37. The fraction of sp³-hybridized carbons (Fsp3) is 0.0811. The first-order valence-corrected chi connectivity index (χ1v) is 28.4. The maximum absolute atomic E-state index is 13.5. The van der Waals surface area contributed by atoms with Crippen molar-refractivity contribution in [3.63, 3.8) is 0 Å². The summed E-state index contributed by atoms with van der Waals surface area (Å²) in [7, 11) is 0. The van der Waals surface area contributed by atoms with Crippen LogP contribution in [0.1, 0.15) is 79.2 Å². The number of benzene rings is 8. The van der Waals surface area contributed by atoms with E-state index in [1.807, 2.05) is 131 Å². The lowest BCUT2D eigenvalue weighted by atomic mass is 10.0. The number of carboxylic acids is 4. The van der Waals surface area contributed by atoms with Gasteiger partial charge in [0.05, 0.1) is 22.3 Å². The van der Waals surface area contributed by atoms with Gasteiger partial charge in [0.2, 0.25) is 0 Å². The highest BCUT2D eigenvalue weighted by atomic mass is 19.3. The Morgan fingerprint density at radius 2 is 0.736 bits per heavy atom. The number of hydrogen-bond donors (Lipinski definition) is 4. The maximum Gasteiger partial charge on any atom is 0.387 e. The normalized spacial score (nSPS) is 10.9. The predicted molar refractivity (Wildman–Crippen MR) is 343 cm³/mol. The maximum atomic E-state index is 13.5. The zero-order chi connectivity index (χ0) is 64.8. The number of para-hydroxylation sites is 2. The van der Waals surface area contributed by atoms with E-state index in [9.17, 15) is 36.7 Å². The van der Waals surface area contributed by atoms with Gasteiger partial charge in [0, 0.05) is 84.8 Å². The van der Waals surface area contributed by atoms with Crippen LogP contribution in [-0.4, -0.2) is 69.2 Å². The molecule has 0 fully saturated rings. The van der Waals surface area contributed by atoms with Gasteiger partial charge in [-0.25, -0.2) is 28.0 Å². The highest BCUT2D eigenvalue weighted by molar-refractivity contribution is 5.91. The Hall–Kier alpha value is -11.7. The molecular weight excluding hydrogens is 1160 g/mol. The van der Waals surface area contributed by atoms with Gasteiger partial charge >= 0.3 is 30.5 Å². The molecule has 17 heteroatoms. The summed E-state index contributed by atoms with van der Waals surface area (Å²) >= 11 is 0. The highest BCUT2D eigenvalue weighted by Gasteiger charge is 2.24. The minimum Gasteiger partial charge on any atom is -0.478 e. The Morgan fingerprint density at radius 3 is 1.13 bits per heavy atom. The van der Waals surface area contributed by atoms with Crippen LogP contribution in [-0.2, 0) is 5.92 Å². The van der Waals surface area contributed by atoms with Crippen molar-refractivity contribution in [3.8, 4) is 73.0 Å². The lowest BCUT2D eigenvalue weighted by Crippen LogP contribution is -2.07. The number of carbonyl (C=O) groups is 4. The van der Waals surface area contributed by atoms with Crippen LogP contribution in [0.4, 0.5) is 17.6 Å². The molecule has 0 radical (unpaired) electrons. The first kappa shape index (κ1) is 63.8. The molecular formula is C74H60F4N4O9. The molecule has 458 valence electrons. The fourth-order valence-corrected chi connectivity index (χ4v) is 9.78. The van der Waals surface area contributed by atoms with Crippen LogP contribution in [0.25, 0.3) is 67.3 Å². The van der Waals surface area contributed by atoms with E-state index in [0.29, 0.717) is 22.7 Å². The Labute approximate surface area is 521 Å². The minimum absolute atomic E-state index is 0.0527. The zero-order valence-electron chi connectivity index (χ0n) is 49.3. The van der Waals surface area contributed by atoms with E-state index in [4.69, 9.17) is 20.4 Å². The summed E-state index contributed by atoms with van der Waals surface area (Å²) in [6, 6.07) is 65.6. The minimum atomic E-state index is -2.90. The number of ether oxygens (including phenoxy) is 1. The van der Waals surface area contributed by atoms with Crippen LogP contribution in [0, 0.1) is 0 Å². The molecule has 0 aliphatic carbocycles. The molecule has 0 aliphatic rings. The second-order valence-electron chi connectivity index (χ2n) is 21.1. The van der Waals surface area contributed by atoms with Crippen molar-refractivity contribution in [1.29, 1.82) is 0 Å². The van der Waals surface area contributed by atoms with Crippen molar-refractivity contribution in [2.24, 2.45) is 0 Å². The number of halogens is 4. The van der Waals surface area contributed by atoms with Gasteiger partial charge in [0.1, 0.15) is 5.75 Å². The number of aromatic nitrogens is 4. The topological polar surface area (TPSA) is 178 Å². The van der Waals surface area contributed by atoms with E-state index in [1.165, 1.54) is 42.0 Å². The van der Waals surface area contributed by atoms with Crippen LogP contribution in [0.2, 0.25) is 0 Å². The van der Waals surface area contributed by atoms with E-state index in [-0.39, 0.29) is 22.4 Å². The van der Waals surface area contributed by atoms with E-state index in [1.54, 1.807) is 102 Å². The average molecular weight is 1230 g/mol. The van der Waals surface area contributed by atoms with Crippen molar-refractivity contribution >= 4 is 23.9 Å². The van der Waals surface area contributed by atoms with Gasteiger partial charge in [-0.15, -0.1) is 0 Å². The third-order valence-electron chi connectivity index (χ3n) is 14.4. The van der Waals surface area contributed by atoms with Gasteiger partial charge in [-0.2, -0.15) is 8.78 Å². The van der Waals surface area contributed by atoms with Crippen molar-refractivity contribution < 1.29 is 61.9 Å². The Morgan fingerprint density at radius 1 is 0.385 bits per heavy atom. The quantitative estimate of drug-likeness (QED) is 0.0685. The third kappa shape index (κ3) is 16.7. The molecule has 12 rings (SSSR count). The summed E-state index contributed by atoms with van der Waals surface area (Å²) in [6.07, 6.45) is 15.2. The van der Waals surface area contributed by atoms with Gasteiger partial charge in [-0.1, -0.05) is 111 Å². The van der Waals surface area contributed by atoms with Crippen molar-refractivity contribution in [2.45, 2.75) is 39.2 Å². The largest absolute Gasteiger partial charge is 0.478 e. The standard InChI is InChI=1S/C20H19NO2.C19H15F2NO2.C18H13F2NO3.C17H13NO2/c1-14(2)18-8-3-4-9-19(18)21-11-10-17(13-21)15-6-5-7-16(12-15)20(22)23;1-19(20,21)16-6-3-7-17(11-16)22-9-8-15(12-22)13-4-2-5-14(10-13)18(23)24;19-18(20)24-16-6-4-15(5-7-16)21-9-8-14(11-21)12-2-1-3-13(10-12)17(22)23;19-17(20)14-6-4-5-13(11-14)15-9-10-18(12-15)16-7-2-1-3-8-16/h3-14H,1-2H3,(H,22,23);2-12H,1H3,(H,23,24);1-11,18H,(H,22,23);1-12H,(H,19,20). The Balaban J connectivity index is 0.000000144. The van der Waals surface area contributed by atoms with Crippen LogP contribution in [0.3, 0.4) is 0 Å². The Kier molecular flexibility index (Phi) is 20.2. The first-order chi connectivity index (χ1) is 43.7. The second kappa shape index (κ2) is 28.9. The lowest BCUT2D eigenvalue weighted by molar-refractivity contribution is -0.0498. The van der Waals surface area contributed by atoms with Crippen LogP contribution < -0.4 is 4.74 Å². The molecule has 91 heavy (non-hydrogen) atoms. The average Bonchev–Trinajstić information content (AvgIpc) is 4.17.